The van der Waals surface area contributed by atoms with Crippen LogP contribution in [0.15, 0.2) is 53.6 Å². The number of carbonyl (C=O) groups is 1. The first-order valence-electron chi connectivity index (χ1n) is 8.99. The Balaban J connectivity index is 1.56. The topological polar surface area (TPSA) is 68.9 Å². The van der Waals surface area contributed by atoms with Gasteiger partial charge in [0.25, 0.3) is 5.56 Å². The van der Waals surface area contributed by atoms with E-state index in [4.69, 9.17) is 0 Å². The van der Waals surface area contributed by atoms with Gasteiger partial charge in [0, 0.05) is 29.6 Å². The Kier molecular flexibility index (Phi) is 4.77. The zero-order valence-corrected chi connectivity index (χ0v) is 14.9. The van der Waals surface area contributed by atoms with Crippen LogP contribution >= 0.6 is 0 Å². The molecule has 2 aromatic heterocycles. The van der Waals surface area contributed by atoms with Gasteiger partial charge in [-0.25, -0.2) is 13.5 Å². The standard InChI is InChI=1S/C20H18F2N4O2/c21-13-8-14(22)10-15(9-13)26-18-5-3-4-17(16(18)11-23-26)24-19(27)12-25-7-2-1-6-20(25)28/h1-2,6-11,17H,3-5,12H2,(H,24,27)/t17-/m0/s1. The third kappa shape index (κ3) is 3.58. The molecule has 1 aliphatic carbocycles. The Morgan fingerprint density at radius 2 is 2.00 bits per heavy atom. The van der Waals surface area contributed by atoms with E-state index < -0.39 is 11.6 Å². The van der Waals surface area contributed by atoms with Gasteiger partial charge < -0.3 is 9.88 Å². The fraction of sp³-hybridized carbons (Fsp3) is 0.250. The van der Waals surface area contributed by atoms with Crippen LogP contribution in [-0.4, -0.2) is 20.3 Å². The summed E-state index contributed by atoms with van der Waals surface area (Å²) in [6.45, 7) is -0.0747. The molecule has 1 N–H and O–H groups in total. The minimum Gasteiger partial charge on any atom is -0.348 e. The normalized spacial score (nSPS) is 15.9. The highest BCUT2D eigenvalue weighted by Gasteiger charge is 2.26. The van der Waals surface area contributed by atoms with Gasteiger partial charge in [-0.1, -0.05) is 6.07 Å². The number of amides is 1. The quantitative estimate of drug-likeness (QED) is 0.752. The molecule has 3 aromatic rings. The molecule has 1 atom stereocenters. The second kappa shape index (κ2) is 7.38. The van der Waals surface area contributed by atoms with Gasteiger partial charge in [-0.2, -0.15) is 5.10 Å². The predicted molar refractivity (Wildman–Crippen MR) is 98.0 cm³/mol. The van der Waals surface area contributed by atoms with E-state index in [1.165, 1.54) is 27.4 Å². The number of fused-ring (bicyclic) bond motifs is 1. The summed E-state index contributed by atoms with van der Waals surface area (Å²) in [5.41, 5.74) is 1.70. The van der Waals surface area contributed by atoms with Gasteiger partial charge in [-0.05, 0) is 37.5 Å². The average molecular weight is 384 g/mol. The molecule has 4 rings (SSSR count). The van der Waals surface area contributed by atoms with Gasteiger partial charge in [0.15, 0.2) is 0 Å². The van der Waals surface area contributed by atoms with Crippen LogP contribution in [0.2, 0.25) is 0 Å². The highest BCUT2D eigenvalue weighted by atomic mass is 19.1. The lowest BCUT2D eigenvalue weighted by atomic mass is 9.93. The molecule has 0 bridgehead atoms. The van der Waals surface area contributed by atoms with Crippen LogP contribution in [0, 0.1) is 11.6 Å². The van der Waals surface area contributed by atoms with Gasteiger partial charge in [0.2, 0.25) is 5.91 Å². The van der Waals surface area contributed by atoms with Crippen molar-refractivity contribution in [1.82, 2.24) is 19.7 Å². The molecule has 1 amide bonds. The molecule has 1 aromatic carbocycles. The molecule has 6 nitrogen and oxygen atoms in total. The maximum atomic E-state index is 13.6. The van der Waals surface area contributed by atoms with E-state index in [-0.39, 0.29) is 24.1 Å². The largest absolute Gasteiger partial charge is 0.348 e. The Morgan fingerprint density at radius 1 is 1.21 bits per heavy atom. The van der Waals surface area contributed by atoms with Crippen molar-refractivity contribution < 1.29 is 13.6 Å². The molecular formula is C20H18F2N4O2. The van der Waals surface area contributed by atoms with Gasteiger partial charge >= 0.3 is 0 Å². The third-order valence-electron chi connectivity index (χ3n) is 4.82. The van der Waals surface area contributed by atoms with Gasteiger partial charge in [-0.15, -0.1) is 0 Å². The summed E-state index contributed by atoms with van der Waals surface area (Å²) in [5, 5.41) is 7.22. The summed E-state index contributed by atoms with van der Waals surface area (Å²) in [7, 11) is 0. The van der Waals surface area contributed by atoms with Crippen molar-refractivity contribution in [3.05, 3.63) is 82.0 Å². The lowest BCUT2D eigenvalue weighted by Crippen LogP contribution is -2.35. The number of halogens is 2. The van der Waals surface area contributed by atoms with Crippen LogP contribution in [0.1, 0.15) is 30.1 Å². The smallest absolute Gasteiger partial charge is 0.250 e. The molecular weight excluding hydrogens is 366 g/mol. The van der Waals surface area contributed by atoms with E-state index in [0.29, 0.717) is 12.1 Å². The van der Waals surface area contributed by atoms with E-state index in [0.717, 1.165) is 30.2 Å². The lowest BCUT2D eigenvalue weighted by molar-refractivity contribution is -0.122. The van der Waals surface area contributed by atoms with Crippen molar-refractivity contribution in [2.24, 2.45) is 0 Å². The predicted octanol–water partition coefficient (Wildman–Crippen LogP) is 2.51. The lowest BCUT2D eigenvalue weighted by Gasteiger charge is -2.24. The van der Waals surface area contributed by atoms with E-state index in [1.807, 2.05) is 0 Å². The monoisotopic (exact) mass is 384 g/mol. The second-order valence-corrected chi connectivity index (χ2v) is 6.77. The van der Waals surface area contributed by atoms with Crippen LogP contribution in [0.5, 0.6) is 0 Å². The maximum absolute atomic E-state index is 13.6. The van der Waals surface area contributed by atoms with Crippen LogP contribution in [0.3, 0.4) is 0 Å². The highest BCUT2D eigenvalue weighted by molar-refractivity contribution is 5.76. The van der Waals surface area contributed by atoms with Crippen molar-refractivity contribution in [3.63, 3.8) is 0 Å². The summed E-state index contributed by atoms with van der Waals surface area (Å²) >= 11 is 0. The second-order valence-electron chi connectivity index (χ2n) is 6.77. The van der Waals surface area contributed by atoms with Gasteiger partial charge in [0.1, 0.15) is 18.2 Å². The number of benzene rings is 1. The molecule has 2 heterocycles. The summed E-state index contributed by atoms with van der Waals surface area (Å²) < 4.78 is 30.0. The number of carbonyl (C=O) groups excluding carboxylic acids is 1. The molecule has 8 heteroatoms. The van der Waals surface area contributed by atoms with Crippen molar-refractivity contribution in [1.29, 1.82) is 0 Å². The first-order chi connectivity index (χ1) is 13.5. The van der Waals surface area contributed by atoms with Crippen molar-refractivity contribution in [2.45, 2.75) is 31.8 Å². The van der Waals surface area contributed by atoms with Crippen molar-refractivity contribution in [2.75, 3.05) is 0 Å². The number of pyridine rings is 1. The highest BCUT2D eigenvalue weighted by Crippen LogP contribution is 2.31. The van der Waals surface area contributed by atoms with E-state index >= 15 is 0 Å². The van der Waals surface area contributed by atoms with Crippen molar-refractivity contribution in [3.8, 4) is 5.69 Å². The van der Waals surface area contributed by atoms with Crippen LogP contribution < -0.4 is 10.9 Å². The summed E-state index contributed by atoms with van der Waals surface area (Å²) in [6.07, 6.45) is 5.40. The number of hydrogen-bond donors (Lipinski definition) is 1. The maximum Gasteiger partial charge on any atom is 0.250 e. The zero-order chi connectivity index (χ0) is 19.7. The number of rotatable bonds is 4. The first kappa shape index (κ1) is 18.1. The number of aromatic nitrogens is 3. The average Bonchev–Trinajstić information content (AvgIpc) is 3.08. The molecule has 28 heavy (non-hydrogen) atoms. The molecule has 0 unspecified atom stereocenters. The summed E-state index contributed by atoms with van der Waals surface area (Å²) in [5.74, 6) is -1.63. The molecule has 1 aliphatic rings. The Hall–Kier alpha value is -3.29. The minimum absolute atomic E-state index is 0.0747. The fourth-order valence-electron chi connectivity index (χ4n) is 3.58. The molecule has 0 spiro atoms. The number of nitrogens with one attached hydrogen (secondary N) is 1. The van der Waals surface area contributed by atoms with Crippen molar-refractivity contribution >= 4 is 5.91 Å². The molecule has 144 valence electrons. The fourth-order valence-corrected chi connectivity index (χ4v) is 3.58. The van der Waals surface area contributed by atoms with Crippen LogP contribution in [0.4, 0.5) is 8.78 Å². The van der Waals surface area contributed by atoms with Gasteiger partial charge in [0.05, 0.1) is 17.9 Å². The third-order valence-corrected chi connectivity index (χ3v) is 4.82. The van der Waals surface area contributed by atoms with Crippen LogP contribution in [-0.2, 0) is 17.8 Å². The molecule has 0 aliphatic heterocycles. The SMILES string of the molecule is O=C(Cn1ccccc1=O)N[C@H]1CCCc2c1cnn2-c1cc(F)cc(F)c1. The summed E-state index contributed by atoms with van der Waals surface area (Å²) in [4.78, 5) is 24.2. The molecule has 0 radical (unpaired) electrons. The Labute approximate surface area is 159 Å². The summed E-state index contributed by atoms with van der Waals surface area (Å²) in [6, 6.07) is 7.70. The van der Waals surface area contributed by atoms with E-state index in [1.54, 1.807) is 24.5 Å². The van der Waals surface area contributed by atoms with Gasteiger partial charge in [-0.3, -0.25) is 9.59 Å². The Bertz CT molecular complexity index is 1070. The first-order valence-corrected chi connectivity index (χ1v) is 8.99. The minimum atomic E-state index is -0.673. The number of hydrogen-bond acceptors (Lipinski definition) is 3. The molecule has 0 saturated carbocycles. The number of nitrogens with zero attached hydrogens (tertiary/aromatic N) is 3. The van der Waals surface area contributed by atoms with E-state index in [2.05, 4.69) is 10.4 Å². The zero-order valence-electron chi connectivity index (χ0n) is 14.9. The van der Waals surface area contributed by atoms with Crippen LogP contribution in [0.25, 0.3) is 5.69 Å². The molecule has 0 fully saturated rings. The molecule has 0 saturated heterocycles. The van der Waals surface area contributed by atoms with E-state index in [9.17, 15) is 18.4 Å². The Morgan fingerprint density at radius 3 is 2.75 bits per heavy atom.